The zero-order valence-electron chi connectivity index (χ0n) is 14.3. The number of hydrogen-bond donors (Lipinski definition) is 3. The van der Waals surface area contributed by atoms with E-state index in [0.29, 0.717) is 12.8 Å². The van der Waals surface area contributed by atoms with Crippen LogP contribution in [-0.2, 0) is 16.0 Å². The first-order valence-electron chi connectivity index (χ1n) is 8.36. The lowest BCUT2D eigenvalue weighted by molar-refractivity contribution is -0.136. The summed E-state index contributed by atoms with van der Waals surface area (Å²) in [5.41, 5.74) is 5.81. The molecule has 7 nitrogen and oxygen atoms in total. The fourth-order valence-electron chi connectivity index (χ4n) is 2.80. The number of ether oxygens (including phenoxy) is 1. The van der Waals surface area contributed by atoms with Crippen LogP contribution in [0.3, 0.4) is 0 Å². The number of amides is 3. The summed E-state index contributed by atoms with van der Waals surface area (Å²) in [4.78, 5) is 35.2. The van der Waals surface area contributed by atoms with E-state index >= 15 is 0 Å². The smallest absolute Gasteiger partial charge is 0.313 e. The normalized spacial score (nSPS) is 15.7. The third-order valence-corrected chi connectivity index (χ3v) is 4.21. The van der Waals surface area contributed by atoms with Crippen LogP contribution < -0.4 is 21.1 Å². The van der Waals surface area contributed by atoms with Gasteiger partial charge in [0.1, 0.15) is 18.2 Å². The first-order chi connectivity index (χ1) is 12.9. The number of fused-ring (bicyclic) bond motifs is 1. The van der Waals surface area contributed by atoms with Crippen molar-refractivity contribution in [3.05, 3.63) is 59.4 Å². The van der Waals surface area contributed by atoms with Gasteiger partial charge >= 0.3 is 11.8 Å². The van der Waals surface area contributed by atoms with Crippen molar-refractivity contribution in [3.8, 4) is 5.75 Å². The van der Waals surface area contributed by atoms with E-state index in [0.717, 1.165) is 23.4 Å². The Kier molecular flexibility index (Phi) is 5.35. The third kappa shape index (κ3) is 4.41. The molecule has 0 aromatic heterocycles. The Labute approximate surface area is 154 Å². The summed E-state index contributed by atoms with van der Waals surface area (Å²) in [5.74, 6) is -2.83. The number of halogens is 1. The monoisotopic (exact) mass is 371 g/mol. The second-order valence-electron chi connectivity index (χ2n) is 6.14. The van der Waals surface area contributed by atoms with E-state index in [-0.39, 0.29) is 23.9 Å². The van der Waals surface area contributed by atoms with Crippen LogP contribution in [0.15, 0.2) is 42.5 Å². The second kappa shape index (κ2) is 7.86. The van der Waals surface area contributed by atoms with Crippen molar-refractivity contribution >= 4 is 23.4 Å². The standard InChI is InChI=1S/C19H18FN3O4/c20-15-9-12(7-8-14(15)17(21)24)22-18(25)19(26)23-13-6-5-11-3-1-2-4-16(11)27-10-13/h1-4,7-9,13H,5-6,10H2,(H2,21,24)(H,22,25)(H,23,26). The number of primary amides is 1. The molecule has 3 rings (SSSR count). The summed E-state index contributed by atoms with van der Waals surface area (Å²) in [6.07, 6.45) is 1.33. The molecule has 0 aliphatic carbocycles. The zero-order valence-corrected chi connectivity index (χ0v) is 14.3. The van der Waals surface area contributed by atoms with Gasteiger partial charge in [0, 0.05) is 5.69 Å². The Morgan fingerprint density at radius 1 is 1.11 bits per heavy atom. The van der Waals surface area contributed by atoms with E-state index in [9.17, 15) is 18.8 Å². The molecule has 140 valence electrons. The summed E-state index contributed by atoms with van der Waals surface area (Å²) in [5, 5.41) is 4.90. The largest absolute Gasteiger partial charge is 0.491 e. The number of rotatable bonds is 3. The number of para-hydroxylation sites is 1. The van der Waals surface area contributed by atoms with Crippen LogP contribution >= 0.6 is 0 Å². The SMILES string of the molecule is NC(=O)c1ccc(NC(=O)C(=O)NC2CCc3ccccc3OC2)cc1F. The molecule has 8 heteroatoms. The van der Waals surface area contributed by atoms with Crippen LogP contribution in [-0.4, -0.2) is 30.4 Å². The second-order valence-corrected chi connectivity index (χ2v) is 6.14. The Balaban J connectivity index is 1.57. The lowest BCUT2D eigenvalue weighted by Gasteiger charge is -2.16. The Morgan fingerprint density at radius 2 is 1.89 bits per heavy atom. The molecule has 1 aliphatic rings. The third-order valence-electron chi connectivity index (χ3n) is 4.21. The van der Waals surface area contributed by atoms with Crippen LogP contribution in [0.2, 0.25) is 0 Å². The van der Waals surface area contributed by atoms with E-state index in [1.807, 2.05) is 24.3 Å². The van der Waals surface area contributed by atoms with Gasteiger partial charge < -0.3 is 21.1 Å². The van der Waals surface area contributed by atoms with Crippen LogP contribution in [0, 0.1) is 5.82 Å². The van der Waals surface area contributed by atoms with Gasteiger partial charge in [-0.15, -0.1) is 0 Å². The van der Waals surface area contributed by atoms with Gasteiger partial charge in [-0.1, -0.05) is 18.2 Å². The van der Waals surface area contributed by atoms with Gasteiger partial charge in [0.25, 0.3) is 5.91 Å². The molecule has 2 aromatic rings. The molecule has 1 atom stereocenters. The minimum atomic E-state index is -0.942. The Bertz CT molecular complexity index is 873. The predicted octanol–water partition coefficient (Wildman–Crippen LogP) is 1.37. The molecule has 3 amide bonds. The van der Waals surface area contributed by atoms with Crippen molar-refractivity contribution in [3.63, 3.8) is 0 Å². The van der Waals surface area contributed by atoms with Crippen molar-refractivity contribution in [2.24, 2.45) is 5.73 Å². The average Bonchev–Trinajstić information content (AvgIpc) is 2.84. The van der Waals surface area contributed by atoms with Gasteiger partial charge in [0.2, 0.25) is 0 Å². The van der Waals surface area contributed by atoms with Gasteiger partial charge in [0.15, 0.2) is 0 Å². The number of nitrogens with two attached hydrogens (primary N) is 1. The lowest BCUT2D eigenvalue weighted by Crippen LogP contribution is -2.44. The van der Waals surface area contributed by atoms with Gasteiger partial charge in [-0.05, 0) is 42.7 Å². The number of aryl methyl sites for hydroxylation is 1. The van der Waals surface area contributed by atoms with E-state index in [1.54, 1.807) is 0 Å². The number of nitrogens with one attached hydrogen (secondary N) is 2. The molecule has 0 radical (unpaired) electrons. The Morgan fingerprint density at radius 3 is 2.63 bits per heavy atom. The summed E-state index contributed by atoms with van der Waals surface area (Å²) in [6, 6.07) is 10.6. The number of benzene rings is 2. The van der Waals surface area contributed by atoms with Gasteiger partial charge in [-0.3, -0.25) is 14.4 Å². The fourth-order valence-corrected chi connectivity index (χ4v) is 2.80. The maximum absolute atomic E-state index is 13.7. The maximum Gasteiger partial charge on any atom is 0.313 e. The molecule has 0 saturated carbocycles. The fraction of sp³-hybridized carbons (Fsp3) is 0.211. The highest BCUT2D eigenvalue weighted by Crippen LogP contribution is 2.23. The van der Waals surface area contributed by atoms with Crippen LogP contribution in [0.4, 0.5) is 10.1 Å². The van der Waals surface area contributed by atoms with E-state index in [2.05, 4.69) is 10.6 Å². The topological polar surface area (TPSA) is 111 Å². The number of anilines is 1. The molecule has 27 heavy (non-hydrogen) atoms. The molecule has 4 N–H and O–H groups in total. The molecule has 0 fully saturated rings. The molecule has 1 aliphatic heterocycles. The number of hydrogen-bond acceptors (Lipinski definition) is 4. The average molecular weight is 371 g/mol. The maximum atomic E-state index is 13.7. The van der Waals surface area contributed by atoms with E-state index in [1.165, 1.54) is 6.07 Å². The number of carbonyl (C=O) groups excluding carboxylic acids is 3. The van der Waals surface area contributed by atoms with E-state index < -0.39 is 23.5 Å². The summed E-state index contributed by atoms with van der Waals surface area (Å²) < 4.78 is 19.4. The number of carbonyl (C=O) groups is 3. The highest BCUT2D eigenvalue weighted by atomic mass is 19.1. The molecule has 0 spiro atoms. The van der Waals surface area contributed by atoms with Gasteiger partial charge in [0.05, 0.1) is 11.6 Å². The van der Waals surface area contributed by atoms with Crippen molar-refractivity contribution in [2.45, 2.75) is 18.9 Å². The van der Waals surface area contributed by atoms with Crippen molar-refractivity contribution < 1.29 is 23.5 Å². The summed E-state index contributed by atoms with van der Waals surface area (Å²) >= 11 is 0. The minimum Gasteiger partial charge on any atom is -0.491 e. The van der Waals surface area contributed by atoms with Crippen molar-refractivity contribution in [1.29, 1.82) is 0 Å². The van der Waals surface area contributed by atoms with Crippen LogP contribution in [0.1, 0.15) is 22.3 Å². The van der Waals surface area contributed by atoms with Crippen LogP contribution in [0.5, 0.6) is 5.75 Å². The summed E-state index contributed by atoms with van der Waals surface area (Å²) in [6.45, 7) is 0.248. The van der Waals surface area contributed by atoms with Crippen molar-refractivity contribution in [2.75, 3.05) is 11.9 Å². The van der Waals surface area contributed by atoms with Gasteiger partial charge in [-0.25, -0.2) is 4.39 Å². The highest BCUT2D eigenvalue weighted by molar-refractivity contribution is 6.39. The minimum absolute atomic E-state index is 0.0437. The first-order valence-corrected chi connectivity index (χ1v) is 8.36. The molecule has 0 bridgehead atoms. The van der Waals surface area contributed by atoms with Gasteiger partial charge in [-0.2, -0.15) is 0 Å². The Hall–Kier alpha value is -3.42. The quantitative estimate of drug-likeness (QED) is 0.708. The van der Waals surface area contributed by atoms with Crippen molar-refractivity contribution in [1.82, 2.24) is 5.32 Å². The highest BCUT2D eigenvalue weighted by Gasteiger charge is 2.22. The summed E-state index contributed by atoms with van der Waals surface area (Å²) in [7, 11) is 0. The first kappa shape index (κ1) is 18.4. The molecular weight excluding hydrogens is 353 g/mol. The molecule has 1 heterocycles. The molecule has 0 saturated heterocycles. The van der Waals surface area contributed by atoms with E-state index in [4.69, 9.17) is 10.5 Å². The molecular formula is C19H18FN3O4. The van der Waals surface area contributed by atoms with Crippen LogP contribution in [0.25, 0.3) is 0 Å². The molecule has 2 aromatic carbocycles. The molecule has 1 unspecified atom stereocenters. The predicted molar refractivity (Wildman–Crippen MR) is 95.7 cm³/mol. The lowest BCUT2D eigenvalue weighted by atomic mass is 10.1. The zero-order chi connectivity index (χ0) is 19.4.